The van der Waals surface area contributed by atoms with Gasteiger partial charge in [0.25, 0.3) is 0 Å². The number of nitrogens with one attached hydrogen (secondary N) is 1. The number of carbonyl (C=O) groups is 6. The van der Waals surface area contributed by atoms with Gasteiger partial charge in [-0.15, -0.1) is 22.7 Å². The molecule has 4 heterocycles. The summed E-state index contributed by atoms with van der Waals surface area (Å²) in [6.07, 6.45) is 8.92. The van der Waals surface area contributed by atoms with Gasteiger partial charge in [-0.05, 0) is 141 Å². The van der Waals surface area contributed by atoms with Crippen molar-refractivity contribution in [2.75, 3.05) is 77.0 Å². The minimum Gasteiger partial charge on any atom is -0.465 e. The SMILES string of the molecule is CC1CCC(C(=O)Cl)CC1.CC[C@@H](Nc1cc(C#CC(C)(C)C)sc1C(=O)OC)C(=O)N1CCOCC1.CC[C@H](C(=O)N1CCOCC1)N(C(=O)C1CCC(C)CC1)c1cc(C#CC(C)(C)C)sc1C(=O)OC. The Kier molecular flexibility index (Phi) is 24.3. The van der Waals surface area contributed by atoms with Crippen LogP contribution in [0.2, 0.25) is 0 Å². The number of morpholine rings is 2. The smallest absolute Gasteiger partial charge is 0.350 e. The lowest BCUT2D eigenvalue weighted by atomic mass is 9.82. The van der Waals surface area contributed by atoms with E-state index in [-0.39, 0.29) is 45.6 Å². The Morgan fingerprint density at radius 1 is 0.685 bits per heavy atom. The van der Waals surface area contributed by atoms with E-state index in [0.717, 1.165) is 49.3 Å². The molecule has 4 aliphatic rings. The molecular formula is C56H81ClN4O10S2. The Labute approximate surface area is 448 Å². The fourth-order valence-electron chi connectivity index (χ4n) is 8.79. The average molecular weight is 1070 g/mol. The van der Waals surface area contributed by atoms with E-state index in [0.29, 0.717) is 97.4 Å². The second-order valence-corrected chi connectivity index (χ2v) is 24.0. The molecule has 14 nitrogen and oxygen atoms in total. The average Bonchev–Trinajstić information content (AvgIpc) is 4.00. The van der Waals surface area contributed by atoms with Gasteiger partial charge in [0.1, 0.15) is 21.8 Å². The number of amides is 3. The molecule has 4 fully saturated rings. The van der Waals surface area contributed by atoms with E-state index < -0.39 is 24.0 Å². The fourth-order valence-corrected chi connectivity index (χ4v) is 10.8. The van der Waals surface area contributed by atoms with E-state index in [1.165, 1.54) is 49.7 Å². The van der Waals surface area contributed by atoms with Gasteiger partial charge in [-0.2, -0.15) is 0 Å². The lowest BCUT2D eigenvalue weighted by molar-refractivity contribution is -0.139. The van der Waals surface area contributed by atoms with Crippen molar-refractivity contribution >= 4 is 80.6 Å². The van der Waals surface area contributed by atoms with Crippen LogP contribution in [-0.4, -0.2) is 124 Å². The van der Waals surface area contributed by atoms with Crippen molar-refractivity contribution < 1.29 is 47.7 Å². The molecule has 404 valence electrons. The monoisotopic (exact) mass is 1070 g/mol. The molecule has 0 radical (unpaired) electrons. The number of rotatable bonds is 12. The summed E-state index contributed by atoms with van der Waals surface area (Å²) in [6.45, 7) is 24.7. The van der Waals surface area contributed by atoms with E-state index in [2.05, 4.69) is 42.8 Å². The van der Waals surface area contributed by atoms with Crippen LogP contribution in [0.25, 0.3) is 0 Å². The van der Waals surface area contributed by atoms with Crippen molar-refractivity contribution in [2.24, 2.45) is 34.5 Å². The highest BCUT2D eigenvalue weighted by Gasteiger charge is 2.40. The molecule has 0 spiro atoms. The molecule has 6 rings (SSSR count). The molecule has 2 aliphatic heterocycles. The third-order valence-electron chi connectivity index (χ3n) is 13.2. The van der Waals surface area contributed by atoms with Crippen LogP contribution in [0.4, 0.5) is 11.4 Å². The van der Waals surface area contributed by atoms with E-state index >= 15 is 0 Å². The predicted octanol–water partition coefficient (Wildman–Crippen LogP) is 10.3. The molecule has 17 heteroatoms. The quantitative estimate of drug-likeness (QED) is 0.122. The van der Waals surface area contributed by atoms with Gasteiger partial charge in [-0.25, -0.2) is 9.59 Å². The summed E-state index contributed by atoms with van der Waals surface area (Å²) in [5, 5.41) is 3.10. The standard InChI is InChI=1S/C28H40N2O5S.C20H28N2O4S.C8H13ClO/c1-7-22(26(32)29-14-16-35-17-15-29)30(25(31)20-10-8-19(2)9-11-20)23-18-21(12-13-28(3,4)5)36-24(23)27(33)34-6;1-6-15(18(23)22-9-11-26-12-10-22)21-16-13-14(7-8-20(2,3)4)27-17(16)19(24)25-5;1-6-2-4-7(5-3-6)8(9)10/h18-20,22H,7-11,14-17H2,1-6H3;13,15,21H,6,9-12H2,1-5H3;6-7H,2-5H2,1H3/t19?,20?,22-;15-;/m11./s1. The third-order valence-corrected chi connectivity index (χ3v) is 15.5. The normalized spacial score (nSPS) is 20.8. The van der Waals surface area contributed by atoms with Gasteiger partial charge in [-0.1, -0.05) is 51.4 Å². The summed E-state index contributed by atoms with van der Waals surface area (Å²) in [5.74, 6) is 12.9. The second kappa shape index (κ2) is 29.0. The summed E-state index contributed by atoms with van der Waals surface area (Å²) in [5.41, 5.74) is 0.671. The first kappa shape index (κ1) is 61.1. The molecule has 2 atom stereocenters. The first-order valence-corrected chi connectivity index (χ1v) is 28.0. The van der Waals surface area contributed by atoms with Gasteiger partial charge in [0.05, 0.1) is 61.8 Å². The first-order chi connectivity index (χ1) is 34.5. The molecule has 1 N–H and O–H groups in total. The van der Waals surface area contributed by atoms with Crippen LogP contribution in [-0.2, 0) is 38.1 Å². The number of hydrogen-bond donors (Lipinski definition) is 1. The van der Waals surface area contributed by atoms with Crippen molar-refractivity contribution in [1.82, 2.24) is 9.80 Å². The van der Waals surface area contributed by atoms with Crippen molar-refractivity contribution in [3.63, 3.8) is 0 Å². The molecule has 0 unspecified atom stereocenters. The number of thiophene rings is 2. The topological polar surface area (TPSA) is 161 Å². The van der Waals surface area contributed by atoms with Crippen LogP contribution < -0.4 is 10.2 Å². The molecular weight excluding hydrogens is 988 g/mol. The Balaban J connectivity index is 0.000000273. The number of hydrogen-bond acceptors (Lipinski definition) is 13. The van der Waals surface area contributed by atoms with Gasteiger partial charge in [0.2, 0.25) is 23.0 Å². The van der Waals surface area contributed by atoms with Crippen molar-refractivity contribution in [3.05, 3.63) is 31.6 Å². The van der Waals surface area contributed by atoms with E-state index in [1.54, 1.807) is 20.8 Å². The van der Waals surface area contributed by atoms with Gasteiger partial charge in [0.15, 0.2) is 0 Å². The zero-order valence-electron chi connectivity index (χ0n) is 45.5. The molecule has 73 heavy (non-hydrogen) atoms. The third kappa shape index (κ3) is 19.0. The molecule has 2 saturated carbocycles. The Morgan fingerprint density at radius 3 is 1.56 bits per heavy atom. The van der Waals surface area contributed by atoms with Crippen molar-refractivity contribution in [2.45, 2.75) is 146 Å². The molecule has 2 aromatic heterocycles. The Morgan fingerprint density at radius 2 is 1.12 bits per heavy atom. The predicted molar refractivity (Wildman–Crippen MR) is 291 cm³/mol. The number of anilines is 2. The highest BCUT2D eigenvalue weighted by Crippen LogP contribution is 2.38. The Bertz CT molecular complexity index is 2300. The highest BCUT2D eigenvalue weighted by atomic mass is 35.5. The van der Waals surface area contributed by atoms with Crippen molar-refractivity contribution in [1.29, 1.82) is 0 Å². The first-order valence-electron chi connectivity index (χ1n) is 26.0. The van der Waals surface area contributed by atoms with Gasteiger partial charge in [0, 0.05) is 48.8 Å². The number of methoxy groups -OCH3 is 2. The zero-order valence-corrected chi connectivity index (χ0v) is 47.9. The molecule has 0 bridgehead atoms. The largest absolute Gasteiger partial charge is 0.465 e. The highest BCUT2D eigenvalue weighted by molar-refractivity contribution is 7.15. The van der Waals surface area contributed by atoms with Crippen LogP contribution in [0.15, 0.2) is 12.1 Å². The van der Waals surface area contributed by atoms with E-state index in [9.17, 15) is 28.8 Å². The molecule has 2 saturated heterocycles. The fraction of sp³-hybridized carbons (Fsp3) is 0.679. The number of halogens is 1. The van der Waals surface area contributed by atoms with Crippen molar-refractivity contribution in [3.8, 4) is 23.7 Å². The number of carbonyl (C=O) groups excluding carboxylic acids is 6. The molecule has 3 amide bonds. The maximum atomic E-state index is 14.1. The van der Waals surface area contributed by atoms with Crippen LogP contribution in [0.5, 0.6) is 0 Å². The van der Waals surface area contributed by atoms with Crippen LogP contribution in [0.1, 0.15) is 163 Å². The minimum absolute atomic E-state index is 0.0186. The second-order valence-electron chi connectivity index (χ2n) is 21.5. The summed E-state index contributed by atoms with van der Waals surface area (Å²) >= 11 is 7.86. The van der Waals surface area contributed by atoms with E-state index in [4.69, 9.17) is 30.5 Å². The lowest BCUT2D eigenvalue weighted by Gasteiger charge is -2.38. The van der Waals surface area contributed by atoms with Gasteiger partial charge >= 0.3 is 11.9 Å². The molecule has 0 aromatic carbocycles. The minimum atomic E-state index is -0.712. The molecule has 2 aliphatic carbocycles. The maximum Gasteiger partial charge on any atom is 0.350 e. The molecule has 2 aromatic rings. The van der Waals surface area contributed by atoms with Crippen LogP contribution in [0, 0.1) is 58.2 Å². The van der Waals surface area contributed by atoms with Gasteiger partial charge < -0.3 is 34.1 Å². The summed E-state index contributed by atoms with van der Waals surface area (Å²) in [4.78, 5) is 83.7. The zero-order chi connectivity index (χ0) is 54.0. The van der Waals surface area contributed by atoms with Crippen LogP contribution in [0.3, 0.4) is 0 Å². The lowest BCUT2D eigenvalue weighted by Crippen LogP contribution is -2.55. The Hall–Kier alpha value is -4.45. The number of ether oxygens (including phenoxy) is 4. The summed E-state index contributed by atoms with van der Waals surface area (Å²) < 4.78 is 20.7. The van der Waals surface area contributed by atoms with E-state index in [1.807, 2.05) is 61.5 Å². The summed E-state index contributed by atoms with van der Waals surface area (Å²) in [7, 11) is 2.68. The maximum absolute atomic E-state index is 14.1. The number of nitrogens with zero attached hydrogens (tertiary/aromatic N) is 3. The number of esters is 2. The van der Waals surface area contributed by atoms with Crippen LogP contribution >= 0.6 is 34.3 Å². The van der Waals surface area contributed by atoms with Gasteiger partial charge in [-0.3, -0.25) is 24.1 Å². The summed E-state index contributed by atoms with van der Waals surface area (Å²) in [6, 6.07) is 2.49.